The minimum absolute atomic E-state index is 0.490. The van der Waals surface area contributed by atoms with Gasteiger partial charge >= 0.3 is 0 Å². The number of nitrogens with one attached hydrogen (secondary N) is 1. The summed E-state index contributed by atoms with van der Waals surface area (Å²) in [6, 6.07) is 0.551. The van der Waals surface area contributed by atoms with Crippen LogP contribution in [0.3, 0.4) is 0 Å². The molecular weight excluding hydrogens is 190 g/mol. The Balaban J connectivity index is 2.20. The van der Waals surface area contributed by atoms with E-state index in [4.69, 9.17) is 4.74 Å². The number of hydrogen-bond donors (Lipinski definition) is 2. The summed E-state index contributed by atoms with van der Waals surface area (Å²) in [6.07, 6.45) is 5.62. The standard InChI is InChI=1S/C12H25NO2/c1-3-5-6-11(4-2)13-9-12(14)7-8-15-10-12/h11,13-14H,3-10H2,1-2H3. The second-order valence-corrected chi connectivity index (χ2v) is 4.66. The van der Waals surface area contributed by atoms with Gasteiger partial charge in [0.2, 0.25) is 0 Å². The van der Waals surface area contributed by atoms with Crippen molar-refractivity contribution in [3.63, 3.8) is 0 Å². The maximum absolute atomic E-state index is 10.1. The molecule has 0 spiro atoms. The predicted octanol–water partition coefficient (Wildman–Crippen LogP) is 1.70. The van der Waals surface area contributed by atoms with Crippen molar-refractivity contribution in [3.8, 4) is 0 Å². The molecule has 0 saturated carbocycles. The van der Waals surface area contributed by atoms with Crippen LogP contribution < -0.4 is 5.32 Å². The summed E-state index contributed by atoms with van der Waals surface area (Å²) in [4.78, 5) is 0. The summed E-state index contributed by atoms with van der Waals surface area (Å²) in [7, 11) is 0. The van der Waals surface area contributed by atoms with E-state index >= 15 is 0 Å². The third-order valence-corrected chi connectivity index (χ3v) is 3.20. The Bertz CT molecular complexity index is 167. The fraction of sp³-hybridized carbons (Fsp3) is 1.00. The molecule has 90 valence electrons. The minimum Gasteiger partial charge on any atom is -0.386 e. The van der Waals surface area contributed by atoms with Crippen LogP contribution >= 0.6 is 0 Å². The van der Waals surface area contributed by atoms with Crippen molar-refractivity contribution in [1.82, 2.24) is 5.32 Å². The lowest BCUT2D eigenvalue weighted by Gasteiger charge is -2.25. The quantitative estimate of drug-likeness (QED) is 0.679. The van der Waals surface area contributed by atoms with E-state index in [0.29, 0.717) is 25.8 Å². The van der Waals surface area contributed by atoms with Crippen molar-refractivity contribution in [1.29, 1.82) is 0 Å². The molecule has 0 aromatic heterocycles. The summed E-state index contributed by atoms with van der Waals surface area (Å²) in [6.45, 7) is 6.27. The van der Waals surface area contributed by atoms with Crippen LogP contribution in [0.5, 0.6) is 0 Å². The molecule has 0 amide bonds. The van der Waals surface area contributed by atoms with Crippen molar-refractivity contribution in [2.45, 2.75) is 57.6 Å². The zero-order valence-electron chi connectivity index (χ0n) is 10.1. The second kappa shape index (κ2) is 6.46. The average molecular weight is 215 g/mol. The molecule has 1 heterocycles. The van der Waals surface area contributed by atoms with Gasteiger partial charge in [-0.25, -0.2) is 0 Å². The Hall–Kier alpha value is -0.120. The Morgan fingerprint density at radius 2 is 2.27 bits per heavy atom. The summed E-state index contributed by atoms with van der Waals surface area (Å²) >= 11 is 0. The molecule has 0 aromatic carbocycles. The molecule has 0 aliphatic carbocycles. The summed E-state index contributed by atoms with van der Waals surface area (Å²) in [5.41, 5.74) is -0.611. The van der Waals surface area contributed by atoms with Gasteiger partial charge in [-0.2, -0.15) is 0 Å². The molecule has 2 N–H and O–H groups in total. The summed E-state index contributed by atoms with van der Waals surface area (Å²) < 4.78 is 5.22. The average Bonchev–Trinajstić information content (AvgIpc) is 2.66. The van der Waals surface area contributed by atoms with Gasteiger partial charge in [0.25, 0.3) is 0 Å². The Labute approximate surface area is 93.2 Å². The number of unbranched alkanes of at least 4 members (excludes halogenated alkanes) is 1. The lowest BCUT2D eigenvalue weighted by Crippen LogP contribution is -2.44. The Morgan fingerprint density at radius 1 is 1.47 bits per heavy atom. The maximum Gasteiger partial charge on any atom is 0.102 e. The zero-order valence-corrected chi connectivity index (χ0v) is 10.1. The molecule has 1 fully saturated rings. The maximum atomic E-state index is 10.1. The van der Waals surface area contributed by atoms with Gasteiger partial charge in [-0.15, -0.1) is 0 Å². The van der Waals surface area contributed by atoms with Gasteiger partial charge in [-0.05, 0) is 12.8 Å². The van der Waals surface area contributed by atoms with Gasteiger partial charge in [-0.1, -0.05) is 26.7 Å². The SMILES string of the molecule is CCCCC(CC)NCC1(O)CCOC1. The van der Waals surface area contributed by atoms with Crippen molar-refractivity contribution < 1.29 is 9.84 Å². The Kier molecular flexibility index (Phi) is 5.58. The smallest absolute Gasteiger partial charge is 0.102 e. The van der Waals surface area contributed by atoms with Gasteiger partial charge in [0.05, 0.1) is 6.61 Å². The predicted molar refractivity (Wildman–Crippen MR) is 62.0 cm³/mol. The van der Waals surface area contributed by atoms with Gasteiger partial charge in [0.15, 0.2) is 0 Å². The van der Waals surface area contributed by atoms with Crippen LogP contribution in [0.25, 0.3) is 0 Å². The normalized spacial score (nSPS) is 28.2. The van der Waals surface area contributed by atoms with E-state index in [1.165, 1.54) is 19.3 Å². The number of aliphatic hydroxyl groups is 1. The van der Waals surface area contributed by atoms with Crippen LogP contribution in [-0.2, 0) is 4.74 Å². The van der Waals surface area contributed by atoms with Crippen LogP contribution in [0, 0.1) is 0 Å². The largest absolute Gasteiger partial charge is 0.386 e. The fourth-order valence-corrected chi connectivity index (χ4v) is 1.97. The van der Waals surface area contributed by atoms with Gasteiger partial charge < -0.3 is 15.2 Å². The van der Waals surface area contributed by atoms with E-state index < -0.39 is 5.60 Å². The molecule has 1 aliphatic heterocycles. The first-order valence-electron chi connectivity index (χ1n) is 6.23. The van der Waals surface area contributed by atoms with E-state index in [9.17, 15) is 5.11 Å². The van der Waals surface area contributed by atoms with Crippen molar-refractivity contribution in [2.24, 2.45) is 0 Å². The second-order valence-electron chi connectivity index (χ2n) is 4.66. The molecule has 2 unspecified atom stereocenters. The van der Waals surface area contributed by atoms with Crippen LogP contribution in [0.15, 0.2) is 0 Å². The monoisotopic (exact) mass is 215 g/mol. The lowest BCUT2D eigenvalue weighted by atomic mass is 10.0. The van der Waals surface area contributed by atoms with Gasteiger partial charge in [-0.3, -0.25) is 0 Å². The highest BCUT2D eigenvalue weighted by molar-refractivity contribution is 4.86. The molecule has 1 aliphatic rings. The molecule has 1 saturated heterocycles. The molecule has 3 heteroatoms. The first-order valence-corrected chi connectivity index (χ1v) is 6.23. The Morgan fingerprint density at radius 3 is 2.80 bits per heavy atom. The van der Waals surface area contributed by atoms with E-state index in [1.54, 1.807) is 0 Å². The van der Waals surface area contributed by atoms with Crippen molar-refractivity contribution in [2.75, 3.05) is 19.8 Å². The highest BCUT2D eigenvalue weighted by Gasteiger charge is 2.32. The third-order valence-electron chi connectivity index (χ3n) is 3.20. The zero-order chi connectivity index (χ0) is 11.1. The highest BCUT2D eigenvalue weighted by atomic mass is 16.5. The molecule has 2 atom stereocenters. The summed E-state index contributed by atoms with van der Waals surface area (Å²) in [5.74, 6) is 0. The van der Waals surface area contributed by atoms with Crippen molar-refractivity contribution in [3.05, 3.63) is 0 Å². The van der Waals surface area contributed by atoms with Crippen LogP contribution in [0.1, 0.15) is 46.0 Å². The fourth-order valence-electron chi connectivity index (χ4n) is 1.97. The van der Waals surface area contributed by atoms with E-state index in [-0.39, 0.29) is 0 Å². The molecule has 1 rings (SSSR count). The third kappa shape index (κ3) is 4.49. The van der Waals surface area contributed by atoms with E-state index in [0.717, 1.165) is 12.8 Å². The van der Waals surface area contributed by atoms with Crippen molar-refractivity contribution >= 4 is 0 Å². The summed E-state index contributed by atoms with van der Waals surface area (Å²) in [5, 5.41) is 13.5. The number of rotatable bonds is 7. The van der Waals surface area contributed by atoms with Crippen LogP contribution in [-0.4, -0.2) is 36.5 Å². The van der Waals surface area contributed by atoms with Crippen LogP contribution in [0.4, 0.5) is 0 Å². The molecule has 0 aromatic rings. The molecule has 0 bridgehead atoms. The van der Waals surface area contributed by atoms with E-state index in [1.807, 2.05) is 0 Å². The first kappa shape index (κ1) is 12.9. The number of hydrogen-bond acceptors (Lipinski definition) is 3. The van der Waals surface area contributed by atoms with Crippen LogP contribution in [0.2, 0.25) is 0 Å². The highest BCUT2D eigenvalue weighted by Crippen LogP contribution is 2.17. The number of ether oxygens (including phenoxy) is 1. The molecule has 0 radical (unpaired) electrons. The topological polar surface area (TPSA) is 41.5 Å². The van der Waals surface area contributed by atoms with Gasteiger partial charge in [0, 0.05) is 25.6 Å². The first-order chi connectivity index (χ1) is 7.20. The minimum atomic E-state index is -0.611. The molecule has 15 heavy (non-hydrogen) atoms. The van der Waals surface area contributed by atoms with E-state index in [2.05, 4.69) is 19.2 Å². The molecule has 3 nitrogen and oxygen atoms in total. The lowest BCUT2D eigenvalue weighted by molar-refractivity contribution is 0.0244. The molecular formula is C12H25NO2. The van der Waals surface area contributed by atoms with Gasteiger partial charge in [0.1, 0.15) is 5.60 Å².